The maximum absolute atomic E-state index is 11.9. The first-order valence-electron chi connectivity index (χ1n) is 5.56. The Balaban J connectivity index is 2.51. The Hall–Kier alpha value is -1.61. The van der Waals surface area contributed by atoms with E-state index in [1.807, 2.05) is 31.3 Å². The Morgan fingerprint density at radius 3 is 2.94 bits per heavy atom. The normalized spacial score (nSPS) is 16.4. The predicted octanol–water partition coefficient (Wildman–Crippen LogP) is 1.90. The molecule has 3 nitrogen and oxygen atoms in total. The third kappa shape index (κ3) is 1.74. The average molecular weight is 216 g/mol. The van der Waals surface area contributed by atoms with Gasteiger partial charge in [0.05, 0.1) is 5.56 Å². The van der Waals surface area contributed by atoms with Crippen LogP contribution in [0.25, 0.3) is 5.70 Å². The van der Waals surface area contributed by atoms with Crippen molar-refractivity contribution in [1.29, 1.82) is 0 Å². The van der Waals surface area contributed by atoms with Gasteiger partial charge in [-0.3, -0.25) is 4.79 Å². The van der Waals surface area contributed by atoms with Gasteiger partial charge in [0.1, 0.15) is 0 Å². The third-order valence-corrected chi connectivity index (χ3v) is 2.69. The zero-order valence-electron chi connectivity index (χ0n) is 9.63. The number of carbonyl (C=O) groups is 1. The Kier molecular flexibility index (Phi) is 3.06. The molecule has 0 fully saturated rings. The molecule has 0 bridgehead atoms. The predicted molar refractivity (Wildman–Crippen MR) is 64.9 cm³/mol. The third-order valence-electron chi connectivity index (χ3n) is 2.69. The maximum Gasteiger partial charge on any atom is 0.256 e. The second-order valence-corrected chi connectivity index (χ2v) is 3.85. The first-order valence-corrected chi connectivity index (χ1v) is 5.56. The van der Waals surface area contributed by atoms with Crippen molar-refractivity contribution in [2.24, 2.45) is 0 Å². The van der Waals surface area contributed by atoms with Gasteiger partial charge < -0.3 is 10.6 Å². The van der Waals surface area contributed by atoms with Crippen LogP contribution in [0, 0.1) is 0 Å². The van der Waals surface area contributed by atoms with Gasteiger partial charge in [0, 0.05) is 17.8 Å². The molecule has 16 heavy (non-hydrogen) atoms. The lowest BCUT2D eigenvalue weighted by molar-refractivity contribution is 0.0980. The summed E-state index contributed by atoms with van der Waals surface area (Å²) in [5.74, 6) is 0.0144. The van der Waals surface area contributed by atoms with Crippen LogP contribution in [0.5, 0.6) is 0 Å². The van der Waals surface area contributed by atoms with Gasteiger partial charge in [-0.25, -0.2) is 0 Å². The number of amides is 1. The first-order chi connectivity index (χ1) is 7.77. The van der Waals surface area contributed by atoms with Crippen LogP contribution in [-0.4, -0.2) is 13.0 Å². The van der Waals surface area contributed by atoms with Crippen LogP contribution in [0.2, 0.25) is 0 Å². The highest BCUT2D eigenvalue weighted by atomic mass is 16.1. The lowest BCUT2D eigenvalue weighted by atomic mass is 10.0. The fourth-order valence-corrected chi connectivity index (χ4v) is 2.05. The van der Waals surface area contributed by atoms with E-state index in [9.17, 15) is 4.79 Å². The van der Waals surface area contributed by atoms with E-state index in [0.29, 0.717) is 0 Å². The number of benzene rings is 1. The Morgan fingerprint density at radius 1 is 1.44 bits per heavy atom. The second-order valence-electron chi connectivity index (χ2n) is 3.85. The fourth-order valence-electron chi connectivity index (χ4n) is 2.05. The molecule has 0 unspecified atom stereocenters. The molecule has 0 aromatic heterocycles. The maximum atomic E-state index is 11.9. The highest BCUT2D eigenvalue weighted by molar-refractivity contribution is 6.10. The van der Waals surface area contributed by atoms with E-state index in [1.165, 1.54) is 0 Å². The summed E-state index contributed by atoms with van der Waals surface area (Å²) in [6.45, 7) is 2.78. The first kappa shape index (κ1) is 10.9. The van der Waals surface area contributed by atoms with Crippen LogP contribution in [-0.2, 0) is 6.54 Å². The summed E-state index contributed by atoms with van der Waals surface area (Å²) in [5, 5.41) is 6.00. The molecule has 1 aromatic carbocycles. The highest BCUT2D eigenvalue weighted by Crippen LogP contribution is 2.27. The van der Waals surface area contributed by atoms with Crippen molar-refractivity contribution in [2.75, 3.05) is 7.05 Å². The van der Waals surface area contributed by atoms with E-state index < -0.39 is 0 Å². The molecule has 84 valence electrons. The number of nitrogens with one attached hydrogen (secondary N) is 2. The number of hydrogen-bond acceptors (Lipinski definition) is 2. The molecule has 1 aromatic rings. The van der Waals surface area contributed by atoms with Crippen molar-refractivity contribution >= 4 is 11.6 Å². The number of allylic oxidation sites excluding steroid dienone is 1. The van der Waals surface area contributed by atoms with Crippen molar-refractivity contribution in [2.45, 2.75) is 19.9 Å². The molecular formula is C13H16N2O. The molecule has 3 heteroatoms. The van der Waals surface area contributed by atoms with Crippen LogP contribution < -0.4 is 10.6 Å². The Morgan fingerprint density at radius 2 is 2.25 bits per heavy atom. The summed E-state index contributed by atoms with van der Waals surface area (Å²) >= 11 is 0. The zero-order chi connectivity index (χ0) is 11.5. The second kappa shape index (κ2) is 4.49. The van der Waals surface area contributed by atoms with Gasteiger partial charge in [-0.15, -0.1) is 0 Å². The van der Waals surface area contributed by atoms with Crippen molar-refractivity contribution in [1.82, 2.24) is 10.6 Å². The summed E-state index contributed by atoms with van der Waals surface area (Å²) in [5.41, 5.74) is 3.84. The van der Waals surface area contributed by atoms with E-state index in [2.05, 4.69) is 17.6 Å². The number of hydrogen-bond donors (Lipinski definition) is 2. The number of fused-ring (bicyclic) bond motifs is 1. The molecule has 1 amide bonds. The number of rotatable bonds is 3. The van der Waals surface area contributed by atoms with Crippen LogP contribution in [0.3, 0.4) is 0 Å². The summed E-state index contributed by atoms with van der Waals surface area (Å²) in [7, 11) is 1.88. The average Bonchev–Trinajstić information content (AvgIpc) is 2.58. The highest BCUT2D eigenvalue weighted by Gasteiger charge is 2.25. The molecule has 0 radical (unpaired) electrons. The number of carbonyl (C=O) groups excluding carboxylic acids is 1. The van der Waals surface area contributed by atoms with Gasteiger partial charge in [0.15, 0.2) is 0 Å². The molecule has 1 aliphatic rings. The Labute approximate surface area is 95.6 Å². The quantitative estimate of drug-likeness (QED) is 0.810. The van der Waals surface area contributed by atoms with Gasteiger partial charge >= 0.3 is 0 Å². The van der Waals surface area contributed by atoms with Gasteiger partial charge in [-0.05, 0) is 19.0 Å². The van der Waals surface area contributed by atoms with E-state index in [4.69, 9.17) is 0 Å². The molecule has 0 spiro atoms. The minimum Gasteiger partial charge on any atom is -0.322 e. The van der Waals surface area contributed by atoms with Gasteiger partial charge in [0.25, 0.3) is 5.91 Å². The summed E-state index contributed by atoms with van der Waals surface area (Å²) in [4.78, 5) is 11.9. The minimum atomic E-state index is 0.0144. The Bertz CT molecular complexity index is 449. The van der Waals surface area contributed by atoms with E-state index in [1.54, 1.807) is 0 Å². The zero-order valence-corrected chi connectivity index (χ0v) is 9.63. The standard InChI is InChI=1S/C13H16N2O/c1-3-5-11-10-7-4-6-9(8-14-2)12(10)13(16)15-11/h4-7,14H,3,8H2,1-2H3,(H,15,16). The molecule has 0 saturated heterocycles. The lowest BCUT2D eigenvalue weighted by Gasteiger charge is -2.04. The van der Waals surface area contributed by atoms with E-state index in [0.717, 1.165) is 35.4 Å². The van der Waals surface area contributed by atoms with Crippen LogP contribution >= 0.6 is 0 Å². The van der Waals surface area contributed by atoms with Gasteiger partial charge in [0.2, 0.25) is 0 Å². The van der Waals surface area contributed by atoms with Crippen LogP contribution in [0.1, 0.15) is 34.8 Å². The SMILES string of the molecule is CCC=C1NC(=O)c2c(CNC)cccc21. The molecule has 0 atom stereocenters. The summed E-state index contributed by atoms with van der Waals surface area (Å²) in [6, 6.07) is 5.98. The van der Waals surface area contributed by atoms with Crippen molar-refractivity contribution in [3.63, 3.8) is 0 Å². The van der Waals surface area contributed by atoms with E-state index in [-0.39, 0.29) is 5.91 Å². The monoisotopic (exact) mass is 216 g/mol. The topological polar surface area (TPSA) is 41.1 Å². The summed E-state index contributed by atoms with van der Waals surface area (Å²) < 4.78 is 0. The molecule has 1 heterocycles. The molecular weight excluding hydrogens is 200 g/mol. The molecule has 2 rings (SSSR count). The van der Waals surface area contributed by atoms with Crippen molar-refractivity contribution < 1.29 is 4.79 Å². The van der Waals surface area contributed by atoms with E-state index >= 15 is 0 Å². The fraction of sp³-hybridized carbons (Fsp3) is 0.308. The lowest BCUT2D eigenvalue weighted by Crippen LogP contribution is -2.15. The van der Waals surface area contributed by atoms with Crippen molar-refractivity contribution in [3.05, 3.63) is 41.0 Å². The summed E-state index contributed by atoms with van der Waals surface area (Å²) in [6.07, 6.45) is 2.97. The molecule has 0 saturated carbocycles. The van der Waals surface area contributed by atoms with Crippen LogP contribution in [0.4, 0.5) is 0 Å². The molecule has 0 aliphatic carbocycles. The van der Waals surface area contributed by atoms with Crippen LogP contribution in [0.15, 0.2) is 24.3 Å². The van der Waals surface area contributed by atoms with Gasteiger partial charge in [-0.2, -0.15) is 0 Å². The smallest absolute Gasteiger partial charge is 0.256 e. The van der Waals surface area contributed by atoms with Gasteiger partial charge in [-0.1, -0.05) is 31.2 Å². The molecule has 1 aliphatic heterocycles. The minimum absolute atomic E-state index is 0.0144. The molecule has 2 N–H and O–H groups in total. The largest absolute Gasteiger partial charge is 0.322 e. The van der Waals surface area contributed by atoms with Crippen molar-refractivity contribution in [3.8, 4) is 0 Å².